The summed E-state index contributed by atoms with van der Waals surface area (Å²) in [6.07, 6.45) is 0. The van der Waals surface area contributed by atoms with Crippen molar-refractivity contribution in [2.75, 3.05) is 0 Å². The minimum absolute atomic E-state index is 0.688. The van der Waals surface area contributed by atoms with Crippen LogP contribution in [-0.4, -0.2) is 14.5 Å². The minimum atomic E-state index is 0.688. The normalized spacial score (nSPS) is 11.3. The van der Waals surface area contributed by atoms with Crippen LogP contribution in [0.25, 0.3) is 106 Å². The lowest BCUT2D eigenvalue weighted by Gasteiger charge is -2.21. The summed E-state index contributed by atoms with van der Waals surface area (Å²) in [6.45, 7) is 0. The maximum Gasteiger partial charge on any atom is 0.160 e. The van der Waals surface area contributed by atoms with Crippen LogP contribution in [0.2, 0.25) is 0 Å². The fourth-order valence-corrected chi connectivity index (χ4v) is 8.65. The first-order valence-electron chi connectivity index (χ1n) is 20.7. The largest absolute Gasteiger partial charge is 0.308 e. The van der Waals surface area contributed by atoms with Crippen LogP contribution in [0, 0.1) is 0 Å². The molecule has 0 aliphatic rings. The van der Waals surface area contributed by atoms with Crippen molar-refractivity contribution in [3.05, 3.63) is 237 Å². The molecule has 0 unspecified atom stereocenters. The molecule has 2 aromatic heterocycles. The molecule has 3 nitrogen and oxygen atoms in total. The maximum absolute atomic E-state index is 5.33. The zero-order chi connectivity index (χ0) is 40.5. The molecule has 0 N–H and O–H groups in total. The summed E-state index contributed by atoms with van der Waals surface area (Å²) in [5.74, 6) is 0.688. The highest BCUT2D eigenvalue weighted by Crippen LogP contribution is 2.45. The fourth-order valence-electron chi connectivity index (χ4n) is 8.65. The maximum atomic E-state index is 5.33. The average Bonchev–Trinajstić information content (AvgIpc) is 3.67. The number of aromatic nitrogens is 3. The lowest BCUT2D eigenvalue weighted by molar-refractivity contribution is 1.17. The quantitative estimate of drug-likeness (QED) is 0.154. The van der Waals surface area contributed by atoms with Gasteiger partial charge in [-0.25, -0.2) is 9.97 Å². The van der Waals surface area contributed by atoms with Crippen LogP contribution >= 0.6 is 0 Å². The van der Waals surface area contributed by atoms with E-state index in [1.807, 2.05) is 24.3 Å². The molecule has 0 aliphatic heterocycles. The van der Waals surface area contributed by atoms with Gasteiger partial charge in [0.25, 0.3) is 0 Å². The molecule has 11 rings (SSSR count). The highest BCUT2D eigenvalue weighted by molar-refractivity contribution is 6.12. The van der Waals surface area contributed by atoms with Gasteiger partial charge in [-0.05, 0) is 63.7 Å². The summed E-state index contributed by atoms with van der Waals surface area (Å²) in [4.78, 5) is 10.5. The first-order valence-corrected chi connectivity index (χ1v) is 20.7. The molecule has 2 heterocycles. The van der Waals surface area contributed by atoms with Crippen LogP contribution in [0.4, 0.5) is 0 Å². The Bertz CT molecular complexity index is 3090. The Morgan fingerprint density at radius 1 is 0.262 bits per heavy atom. The van der Waals surface area contributed by atoms with Crippen molar-refractivity contribution in [3.63, 3.8) is 0 Å². The summed E-state index contributed by atoms with van der Waals surface area (Å²) >= 11 is 0. The van der Waals surface area contributed by atoms with E-state index in [1.54, 1.807) is 0 Å². The molecule has 0 radical (unpaired) electrons. The summed E-state index contributed by atoms with van der Waals surface area (Å²) in [5.41, 5.74) is 17.3. The summed E-state index contributed by atoms with van der Waals surface area (Å²) in [5, 5.41) is 2.40. The number of nitrogens with zero attached hydrogens (tertiary/aromatic N) is 3. The smallest absolute Gasteiger partial charge is 0.160 e. The van der Waals surface area contributed by atoms with Gasteiger partial charge >= 0.3 is 0 Å². The zero-order valence-corrected chi connectivity index (χ0v) is 33.4. The fraction of sp³-hybridized carbons (Fsp3) is 0. The van der Waals surface area contributed by atoms with Crippen molar-refractivity contribution >= 4 is 21.8 Å². The first kappa shape index (κ1) is 36.0. The SMILES string of the molecule is c1ccc(-c2ccc3c4ccc(-c5ccccc5)cc4n(-c4c(-c5ccccc5)cc(-c5cc(-c6ccccc6)nc(-c6ccccc6)n5)cc4-c4ccccc4)c3c2)cc1. The standard InChI is InChI=1S/C58H39N3/c1-7-19-40(20-8-1)46-31-33-49-50-34-32-47(41-21-9-2-10-22-41)38-56(50)61(55(49)37-46)57-51(42-23-11-3-12-24-42)35-48(36-52(57)43-25-13-4-14-26-43)54-39-53(44-27-15-5-16-28-44)59-58(60-54)45-29-17-6-18-30-45/h1-39H. The molecule has 0 amide bonds. The van der Waals surface area contributed by atoms with E-state index in [9.17, 15) is 0 Å². The van der Waals surface area contributed by atoms with Gasteiger partial charge in [0.1, 0.15) is 0 Å². The Kier molecular flexibility index (Phi) is 9.18. The molecule has 0 bridgehead atoms. The summed E-state index contributed by atoms with van der Waals surface area (Å²) in [6, 6.07) is 84.3. The van der Waals surface area contributed by atoms with E-state index in [2.05, 4.69) is 217 Å². The molecule has 286 valence electrons. The zero-order valence-electron chi connectivity index (χ0n) is 33.4. The third kappa shape index (κ3) is 6.78. The first-order chi connectivity index (χ1) is 30.2. The van der Waals surface area contributed by atoms with E-state index in [4.69, 9.17) is 9.97 Å². The second-order valence-corrected chi connectivity index (χ2v) is 15.4. The lowest BCUT2D eigenvalue weighted by Crippen LogP contribution is -2.03. The van der Waals surface area contributed by atoms with Gasteiger partial charge in [0.05, 0.1) is 28.1 Å². The van der Waals surface area contributed by atoms with Gasteiger partial charge in [0, 0.05) is 38.6 Å². The second kappa shape index (κ2) is 15.6. The minimum Gasteiger partial charge on any atom is -0.308 e. The predicted molar refractivity (Wildman–Crippen MR) is 254 cm³/mol. The molecule has 0 aliphatic carbocycles. The van der Waals surface area contributed by atoms with Gasteiger partial charge in [0.2, 0.25) is 0 Å². The van der Waals surface area contributed by atoms with E-state index in [0.29, 0.717) is 5.82 Å². The van der Waals surface area contributed by atoms with E-state index in [0.717, 1.165) is 67.1 Å². The van der Waals surface area contributed by atoms with Crippen LogP contribution in [0.15, 0.2) is 237 Å². The molecule has 0 saturated carbocycles. The van der Waals surface area contributed by atoms with E-state index < -0.39 is 0 Å². The van der Waals surface area contributed by atoms with Gasteiger partial charge in [-0.15, -0.1) is 0 Å². The van der Waals surface area contributed by atoms with Gasteiger partial charge in [0.15, 0.2) is 5.82 Å². The van der Waals surface area contributed by atoms with Crippen LogP contribution in [0.3, 0.4) is 0 Å². The number of hydrogen-bond donors (Lipinski definition) is 0. The molecular formula is C58H39N3. The number of benzene rings is 9. The van der Waals surface area contributed by atoms with Gasteiger partial charge in [-0.2, -0.15) is 0 Å². The Balaban J connectivity index is 1.26. The van der Waals surface area contributed by atoms with E-state index in [1.165, 1.54) is 33.0 Å². The monoisotopic (exact) mass is 777 g/mol. The van der Waals surface area contributed by atoms with E-state index in [-0.39, 0.29) is 0 Å². The van der Waals surface area contributed by atoms with Gasteiger partial charge in [-0.1, -0.05) is 206 Å². The molecule has 3 heteroatoms. The topological polar surface area (TPSA) is 30.7 Å². The van der Waals surface area contributed by atoms with Crippen LogP contribution in [0.1, 0.15) is 0 Å². The van der Waals surface area contributed by atoms with Crippen LogP contribution in [0.5, 0.6) is 0 Å². The predicted octanol–water partition coefficient (Wildman–Crippen LogP) is 15.2. The lowest BCUT2D eigenvalue weighted by atomic mass is 9.91. The third-order valence-corrected chi connectivity index (χ3v) is 11.6. The second-order valence-electron chi connectivity index (χ2n) is 15.4. The average molecular weight is 778 g/mol. The van der Waals surface area contributed by atoms with Crippen molar-refractivity contribution in [1.29, 1.82) is 0 Å². The molecular weight excluding hydrogens is 739 g/mol. The van der Waals surface area contributed by atoms with Crippen LogP contribution in [-0.2, 0) is 0 Å². The Morgan fingerprint density at radius 3 is 1.05 bits per heavy atom. The Morgan fingerprint density at radius 2 is 0.623 bits per heavy atom. The molecule has 9 aromatic carbocycles. The number of fused-ring (bicyclic) bond motifs is 3. The number of rotatable bonds is 8. The molecule has 0 fully saturated rings. The molecule has 11 aromatic rings. The Labute approximate surface area is 355 Å². The van der Waals surface area contributed by atoms with Crippen molar-refractivity contribution in [1.82, 2.24) is 14.5 Å². The van der Waals surface area contributed by atoms with Gasteiger partial charge in [-0.3, -0.25) is 0 Å². The van der Waals surface area contributed by atoms with Crippen molar-refractivity contribution in [2.45, 2.75) is 0 Å². The molecule has 0 spiro atoms. The highest BCUT2D eigenvalue weighted by Gasteiger charge is 2.23. The van der Waals surface area contributed by atoms with Crippen molar-refractivity contribution in [3.8, 4) is 84.1 Å². The number of hydrogen-bond acceptors (Lipinski definition) is 2. The van der Waals surface area contributed by atoms with Crippen molar-refractivity contribution < 1.29 is 0 Å². The van der Waals surface area contributed by atoms with Crippen LogP contribution < -0.4 is 0 Å². The summed E-state index contributed by atoms with van der Waals surface area (Å²) in [7, 11) is 0. The van der Waals surface area contributed by atoms with Crippen molar-refractivity contribution in [2.24, 2.45) is 0 Å². The third-order valence-electron chi connectivity index (χ3n) is 11.6. The molecule has 0 atom stereocenters. The van der Waals surface area contributed by atoms with E-state index >= 15 is 0 Å². The highest BCUT2D eigenvalue weighted by atomic mass is 15.0. The summed E-state index contributed by atoms with van der Waals surface area (Å²) < 4.78 is 2.52. The van der Waals surface area contributed by atoms with Gasteiger partial charge < -0.3 is 4.57 Å². The molecule has 0 saturated heterocycles. The molecule has 61 heavy (non-hydrogen) atoms. The Hall–Kier alpha value is -8.14.